The molecule has 0 unspecified atom stereocenters. The van der Waals surface area contributed by atoms with Gasteiger partial charge in [-0.3, -0.25) is 0 Å². The summed E-state index contributed by atoms with van der Waals surface area (Å²) in [6, 6.07) is 0. The predicted octanol–water partition coefficient (Wildman–Crippen LogP) is -9.09. The summed E-state index contributed by atoms with van der Waals surface area (Å²) in [6.07, 6.45) is -2.33. The molecule has 0 bridgehead atoms. The van der Waals surface area contributed by atoms with Crippen LogP contribution in [0.1, 0.15) is 0 Å². The molecule has 0 radical (unpaired) electrons. The third-order valence-electron chi connectivity index (χ3n) is 0. The van der Waals surface area contributed by atoms with Crippen molar-refractivity contribution < 1.29 is 118 Å². The number of hydrogen-bond acceptors (Lipinski definition) is 3. The molecule has 3 nitrogen and oxygen atoms in total. The first-order valence-corrected chi connectivity index (χ1v) is 0.612. The number of rotatable bonds is 0. The molecule has 0 fully saturated rings. The van der Waals surface area contributed by atoms with Crippen LogP contribution in [-0.4, -0.2) is 57.5 Å². The van der Waals surface area contributed by atoms with Gasteiger partial charge in [0, 0.05) is 0 Å². The van der Waals surface area contributed by atoms with Gasteiger partial charge in [-0.2, -0.15) is 0 Å². The summed E-state index contributed by atoms with van der Waals surface area (Å²) >= 11 is 0. The van der Waals surface area contributed by atoms with E-state index in [2.05, 4.69) is 0 Å². The van der Waals surface area contributed by atoms with Crippen molar-refractivity contribution in [3.8, 4) is 0 Å². The van der Waals surface area contributed by atoms with Gasteiger partial charge in [-0.1, -0.05) is 0 Å². The molecule has 0 spiro atoms. The average molecular weight is 178 g/mol. The summed E-state index contributed by atoms with van der Waals surface area (Å²) in [5.41, 5.74) is 0. The van der Waals surface area contributed by atoms with Crippen LogP contribution < -0.4 is 113 Å². The van der Waals surface area contributed by atoms with E-state index < -0.39 is 6.16 Å². The van der Waals surface area contributed by atoms with Crippen LogP contribution >= 0.6 is 0 Å². The molecule has 0 aromatic carbocycles. The quantitative estimate of drug-likeness (QED) is 0.346. The molecule has 7 heavy (non-hydrogen) atoms. The second kappa shape index (κ2) is 16.6. The number of carbonyl (C=O) groups is 1. The average Bonchev–Trinajstić information content (AvgIpc) is 0.811. The van der Waals surface area contributed by atoms with Crippen molar-refractivity contribution in [2.75, 3.05) is 0 Å². The Morgan fingerprint density at radius 2 is 1.14 bits per heavy atom. The summed E-state index contributed by atoms with van der Waals surface area (Å²) in [5, 5.41) is 16.7. The summed E-state index contributed by atoms with van der Waals surface area (Å²) in [5.74, 6) is 0. The van der Waals surface area contributed by atoms with Crippen LogP contribution in [0.2, 0.25) is 0 Å². The Labute approximate surface area is 169 Å². The van der Waals surface area contributed by atoms with E-state index in [1.54, 1.807) is 0 Å². The van der Waals surface area contributed by atoms with Gasteiger partial charge >= 0.3 is 154 Å². The Morgan fingerprint density at radius 1 is 1.14 bits per heavy atom. The molecule has 0 aromatic rings. The first kappa shape index (κ1) is 22.5. The van der Waals surface area contributed by atoms with Crippen LogP contribution in [0.25, 0.3) is 0 Å². The molecule has 0 rings (SSSR count). The summed E-state index contributed by atoms with van der Waals surface area (Å²) in [7, 11) is 0. The monoisotopic (exact) mass is 178 g/mol. The fourth-order valence-electron chi connectivity index (χ4n) is 0. The van der Waals surface area contributed by atoms with Gasteiger partial charge in [-0.15, -0.1) is 0 Å². The van der Waals surface area contributed by atoms with Gasteiger partial charge in [0.2, 0.25) is 0 Å². The summed E-state index contributed by atoms with van der Waals surface area (Å²) < 4.78 is 0. The Balaban J connectivity index is -0.0000000150. The summed E-state index contributed by atoms with van der Waals surface area (Å²) in [4.78, 5) is 8.33. The van der Waals surface area contributed by atoms with Crippen molar-refractivity contribution in [1.82, 2.24) is 0 Å². The molecule has 0 aliphatic heterocycles. The standard InChI is InChI=1S/CH2O3.3K.H/c2-1(3)4;;;;/h(H2,2,3,4);;;;/q;;2*+1;/p-2. The van der Waals surface area contributed by atoms with Crippen molar-refractivity contribution in [2.24, 2.45) is 0 Å². The third kappa shape index (κ3) is 39.0. The minimum absolute atomic E-state index is 0. The van der Waals surface area contributed by atoms with Crippen molar-refractivity contribution in [1.29, 1.82) is 0 Å². The van der Waals surface area contributed by atoms with Crippen LogP contribution in [0, 0.1) is 0 Å². The number of carbonyl (C=O) groups excluding carboxylic acids is 1. The zero-order chi connectivity index (χ0) is 3.58. The SMILES string of the molecule is O=C([O-])[O-].[K+].[K+].[KH]. The second-order valence-electron chi connectivity index (χ2n) is 0.250. The van der Waals surface area contributed by atoms with Crippen molar-refractivity contribution in [3.63, 3.8) is 0 Å². The topological polar surface area (TPSA) is 63.2 Å². The Kier molecular flexibility index (Phi) is 53.4. The molecule has 0 heterocycles. The maximum absolute atomic E-state index is 8.33. The minimum atomic E-state index is -2.33. The van der Waals surface area contributed by atoms with Gasteiger partial charge in [0.25, 0.3) is 0 Å². The van der Waals surface area contributed by atoms with Crippen LogP contribution in [0.5, 0.6) is 0 Å². The Bertz CT molecular complexity index is 33.2. The van der Waals surface area contributed by atoms with Gasteiger partial charge in [0.1, 0.15) is 0 Å². The maximum atomic E-state index is 8.33. The molecule has 0 amide bonds. The molecule has 0 saturated heterocycles. The van der Waals surface area contributed by atoms with Gasteiger partial charge in [0.05, 0.1) is 0 Å². The molecule has 0 aromatic heterocycles. The van der Waals surface area contributed by atoms with E-state index in [0.717, 1.165) is 0 Å². The number of carboxylic acid groups (broad SMARTS) is 2. The Morgan fingerprint density at radius 3 is 1.14 bits per heavy atom. The predicted molar refractivity (Wildman–Crippen MR) is 12.5 cm³/mol. The van der Waals surface area contributed by atoms with Gasteiger partial charge in [0.15, 0.2) is 0 Å². The van der Waals surface area contributed by atoms with Crippen LogP contribution in [-0.2, 0) is 0 Å². The van der Waals surface area contributed by atoms with Crippen molar-refractivity contribution in [3.05, 3.63) is 0 Å². The van der Waals surface area contributed by atoms with Gasteiger partial charge in [-0.25, -0.2) is 0 Å². The molecular weight excluding hydrogens is 177 g/mol. The molecular formula is CHK3O3. The van der Waals surface area contributed by atoms with Crippen molar-refractivity contribution in [2.45, 2.75) is 0 Å². The van der Waals surface area contributed by atoms with Crippen LogP contribution in [0.3, 0.4) is 0 Å². The number of hydrogen-bond donors (Lipinski definition) is 0. The normalized spacial score (nSPS) is 3.43. The fourth-order valence-corrected chi connectivity index (χ4v) is 0. The van der Waals surface area contributed by atoms with Gasteiger partial charge < -0.3 is 15.0 Å². The van der Waals surface area contributed by atoms with Crippen molar-refractivity contribution >= 4 is 57.5 Å². The molecule has 0 aliphatic carbocycles. The molecule has 0 atom stereocenters. The molecule has 26 valence electrons. The van der Waals surface area contributed by atoms with Crippen LogP contribution in [0.15, 0.2) is 0 Å². The van der Waals surface area contributed by atoms with E-state index in [-0.39, 0.29) is 154 Å². The van der Waals surface area contributed by atoms with E-state index >= 15 is 0 Å². The molecule has 0 aliphatic rings. The zero-order valence-corrected chi connectivity index (χ0v) is 9.97. The van der Waals surface area contributed by atoms with E-state index in [1.165, 1.54) is 0 Å². The zero-order valence-electron chi connectivity index (χ0n) is 3.72. The molecule has 0 saturated carbocycles. The fraction of sp³-hybridized carbons (Fsp3) is 0. The third-order valence-corrected chi connectivity index (χ3v) is 0. The van der Waals surface area contributed by atoms with E-state index in [9.17, 15) is 0 Å². The second-order valence-corrected chi connectivity index (χ2v) is 0.250. The van der Waals surface area contributed by atoms with E-state index in [4.69, 9.17) is 15.0 Å². The van der Waals surface area contributed by atoms with Gasteiger partial charge in [-0.05, 0) is 6.16 Å². The van der Waals surface area contributed by atoms with E-state index in [0.29, 0.717) is 0 Å². The van der Waals surface area contributed by atoms with Crippen LogP contribution in [0.4, 0.5) is 4.79 Å². The molecule has 6 heteroatoms. The van der Waals surface area contributed by atoms with E-state index in [1.807, 2.05) is 0 Å². The Hall–Kier alpha value is 4.18. The molecule has 0 N–H and O–H groups in total. The summed E-state index contributed by atoms with van der Waals surface area (Å²) in [6.45, 7) is 0. The first-order chi connectivity index (χ1) is 1.73. The first-order valence-electron chi connectivity index (χ1n) is 0.612.